The molecule has 1 aliphatic carbocycles. The number of esters is 1. The van der Waals surface area contributed by atoms with Crippen molar-refractivity contribution in [3.8, 4) is 0 Å². The molecule has 2 nitrogen and oxygen atoms in total. The molecule has 1 unspecified atom stereocenters. The second-order valence-electron chi connectivity index (χ2n) is 5.14. The maximum absolute atomic E-state index is 13.9. The van der Waals surface area contributed by atoms with Crippen molar-refractivity contribution in [3.63, 3.8) is 0 Å². The number of halogens is 1. The van der Waals surface area contributed by atoms with Gasteiger partial charge in [-0.05, 0) is 43.4 Å². The van der Waals surface area contributed by atoms with E-state index in [1.165, 1.54) is 6.07 Å². The van der Waals surface area contributed by atoms with Gasteiger partial charge in [-0.1, -0.05) is 12.6 Å². The van der Waals surface area contributed by atoms with Crippen LogP contribution >= 0.6 is 0 Å². The van der Waals surface area contributed by atoms with Crippen LogP contribution in [0.1, 0.15) is 41.6 Å². The first kappa shape index (κ1) is 11.5. The Morgan fingerprint density at radius 1 is 1.33 bits per heavy atom. The van der Waals surface area contributed by atoms with Gasteiger partial charge in [0.2, 0.25) is 0 Å². The Hall–Kier alpha value is -1.64. The van der Waals surface area contributed by atoms with E-state index in [0.29, 0.717) is 17.5 Å². The summed E-state index contributed by atoms with van der Waals surface area (Å²) >= 11 is 0. The van der Waals surface area contributed by atoms with Gasteiger partial charge in [-0.3, -0.25) is 0 Å². The lowest BCUT2D eigenvalue weighted by atomic mass is 9.75. The second kappa shape index (κ2) is 3.94. The largest absolute Gasteiger partial charge is 0.451 e. The molecule has 1 spiro atoms. The van der Waals surface area contributed by atoms with Crippen molar-refractivity contribution >= 4 is 5.97 Å². The van der Waals surface area contributed by atoms with Crippen LogP contribution in [0, 0.1) is 5.82 Å². The highest BCUT2D eigenvalue weighted by molar-refractivity contribution is 5.93. The van der Waals surface area contributed by atoms with Crippen molar-refractivity contribution < 1.29 is 13.9 Å². The maximum atomic E-state index is 13.9. The zero-order valence-electron chi connectivity index (χ0n) is 10.2. The minimum absolute atomic E-state index is 0.318. The Labute approximate surface area is 105 Å². The lowest BCUT2D eigenvalue weighted by molar-refractivity contribution is -0.0180. The number of ether oxygens (including phenoxy) is 1. The topological polar surface area (TPSA) is 26.3 Å². The second-order valence-corrected chi connectivity index (χ2v) is 5.14. The summed E-state index contributed by atoms with van der Waals surface area (Å²) in [7, 11) is 0. The van der Waals surface area contributed by atoms with E-state index >= 15 is 0 Å². The fraction of sp³-hybridized carbons (Fsp3) is 0.400. The van der Waals surface area contributed by atoms with Crippen LogP contribution in [0.15, 0.2) is 30.4 Å². The summed E-state index contributed by atoms with van der Waals surface area (Å²) in [5.41, 5.74) is 1.11. The van der Waals surface area contributed by atoms with E-state index in [2.05, 4.69) is 6.58 Å². The third-order valence-electron chi connectivity index (χ3n) is 4.04. The van der Waals surface area contributed by atoms with E-state index < -0.39 is 11.6 Å². The van der Waals surface area contributed by atoms with Crippen molar-refractivity contribution in [2.45, 2.75) is 37.7 Å². The third kappa shape index (κ3) is 1.57. The van der Waals surface area contributed by atoms with E-state index in [0.717, 1.165) is 31.3 Å². The zero-order chi connectivity index (χ0) is 12.8. The van der Waals surface area contributed by atoms with Gasteiger partial charge in [-0.25, -0.2) is 9.18 Å². The first-order valence-electron chi connectivity index (χ1n) is 6.31. The van der Waals surface area contributed by atoms with Gasteiger partial charge in [0.15, 0.2) is 0 Å². The quantitative estimate of drug-likeness (QED) is 0.518. The molecule has 0 bridgehead atoms. The van der Waals surface area contributed by atoms with Crippen LogP contribution in [0.2, 0.25) is 0 Å². The average Bonchev–Trinajstić information content (AvgIpc) is 2.35. The Bertz CT molecular complexity index is 535. The molecule has 1 aromatic carbocycles. The van der Waals surface area contributed by atoms with E-state index in [-0.39, 0.29) is 5.82 Å². The van der Waals surface area contributed by atoms with Crippen LogP contribution in [0.3, 0.4) is 0 Å². The molecule has 1 aliphatic heterocycles. The average molecular weight is 246 g/mol. The van der Waals surface area contributed by atoms with Crippen LogP contribution in [0.4, 0.5) is 4.39 Å². The van der Waals surface area contributed by atoms with Gasteiger partial charge in [0.25, 0.3) is 0 Å². The highest BCUT2D eigenvalue weighted by atomic mass is 19.1. The molecule has 1 fully saturated rings. The van der Waals surface area contributed by atoms with Gasteiger partial charge < -0.3 is 4.74 Å². The van der Waals surface area contributed by atoms with Crippen LogP contribution < -0.4 is 0 Å². The monoisotopic (exact) mass is 246 g/mol. The van der Waals surface area contributed by atoms with E-state index in [1.807, 2.05) is 0 Å². The number of carbonyl (C=O) groups is 1. The van der Waals surface area contributed by atoms with Gasteiger partial charge in [-0.2, -0.15) is 0 Å². The molecule has 1 heterocycles. The first-order chi connectivity index (χ1) is 8.62. The lowest BCUT2D eigenvalue weighted by Gasteiger charge is -2.41. The van der Waals surface area contributed by atoms with Gasteiger partial charge in [0.05, 0.1) is 5.56 Å². The molecule has 1 saturated carbocycles. The smallest absolute Gasteiger partial charge is 0.339 e. The number of carbonyl (C=O) groups excluding carboxylic acids is 1. The maximum Gasteiger partial charge on any atom is 0.339 e. The van der Waals surface area contributed by atoms with Gasteiger partial charge in [0, 0.05) is 12.0 Å². The zero-order valence-corrected chi connectivity index (χ0v) is 10.2. The molecule has 94 valence electrons. The molecule has 18 heavy (non-hydrogen) atoms. The molecule has 0 amide bonds. The summed E-state index contributed by atoms with van der Waals surface area (Å²) in [4.78, 5) is 12.0. The molecule has 0 aromatic heterocycles. The molecule has 1 aromatic rings. The van der Waals surface area contributed by atoms with Crippen molar-refractivity contribution in [1.29, 1.82) is 0 Å². The van der Waals surface area contributed by atoms with Crippen molar-refractivity contribution in [2.24, 2.45) is 0 Å². The van der Waals surface area contributed by atoms with Crippen molar-refractivity contribution in [3.05, 3.63) is 47.3 Å². The summed E-state index contributed by atoms with van der Waals surface area (Å²) in [5, 5.41) is 0. The van der Waals surface area contributed by atoms with Crippen LogP contribution in [-0.4, -0.2) is 11.6 Å². The van der Waals surface area contributed by atoms with Crippen molar-refractivity contribution in [1.82, 2.24) is 0 Å². The van der Waals surface area contributed by atoms with Crippen LogP contribution in [0.25, 0.3) is 0 Å². The highest BCUT2D eigenvalue weighted by Gasteiger charge is 2.44. The molecule has 0 saturated heterocycles. The van der Waals surface area contributed by atoms with E-state index in [1.54, 1.807) is 12.1 Å². The Morgan fingerprint density at radius 3 is 2.94 bits per heavy atom. The lowest BCUT2D eigenvalue weighted by Crippen LogP contribution is -2.45. The molecule has 0 N–H and O–H groups in total. The predicted octanol–water partition coefficient (Wildman–Crippen LogP) is 3.41. The normalized spacial score (nSPS) is 26.9. The number of benzene rings is 1. The molecule has 2 aliphatic rings. The molecule has 0 radical (unpaired) electrons. The van der Waals surface area contributed by atoms with Crippen LogP contribution in [-0.2, 0) is 11.2 Å². The molecular formula is C15H15FO2. The SMILES string of the molecule is C=C1CCCCC12Cc1c(F)cccc1C(=O)O2. The number of hydrogen-bond donors (Lipinski definition) is 0. The van der Waals surface area contributed by atoms with Gasteiger partial charge >= 0.3 is 5.97 Å². The van der Waals surface area contributed by atoms with Gasteiger partial charge in [-0.15, -0.1) is 0 Å². The summed E-state index contributed by atoms with van der Waals surface area (Å²) in [6.07, 6.45) is 4.11. The van der Waals surface area contributed by atoms with Gasteiger partial charge in [0.1, 0.15) is 11.4 Å². The fourth-order valence-corrected chi connectivity index (χ4v) is 2.97. The van der Waals surface area contributed by atoms with E-state index in [4.69, 9.17) is 4.74 Å². The summed E-state index contributed by atoms with van der Waals surface area (Å²) < 4.78 is 19.5. The number of hydrogen-bond acceptors (Lipinski definition) is 2. The highest BCUT2D eigenvalue weighted by Crippen LogP contribution is 2.42. The summed E-state index contributed by atoms with van der Waals surface area (Å²) in [5.74, 6) is -0.735. The predicted molar refractivity (Wildman–Crippen MR) is 65.9 cm³/mol. The molecule has 1 atom stereocenters. The molecule has 3 rings (SSSR count). The number of rotatable bonds is 0. The van der Waals surface area contributed by atoms with Crippen LogP contribution in [0.5, 0.6) is 0 Å². The summed E-state index contributed by atoms with van der Waals surface area (Å²) in [6, 6.07) is 4.57. The third-order valence-corrected chi connectivity index (χ3v) is 4.04. The molecule has 3 heteroatoms. The molecular weight excluding hydrogens is 231 g/mol. The standard InChI is InChI=1S/C15H15FO2/c1-10-5-2-3-8-15(10)9-12-11(14(17)18-15)6-4-7-13(12)16/h4,6-7H,1-3,5,8-9H2. The Balaban J connectivity index is 2.07. The number of fused-ring (bicyclic) bond motifs is 1. The van der Waals surface area contributed by atoms with Crippen molar-refractivity contribution in [2.75, 3.05) is 0 Å². The fourth-order valence-electron chi connectivity index (χ4n) is 2.97. The minimum Gasteiger partial charge on any atom is -0.451 e. The minimum atomic E-state index is -0.662. The first-order valence-corrected chi connectivity index (χ1v) is 6.31. The Kier molecular flexibility index (Phi) is 2.51. The summed E-state index contributed by atoms with van der Waals surface area (Å²) in [6.45, 7) is 4.03. The van der Waals surface area contributed by atoms with E-state index in [9.17, 15) is 9.18 Å². The Morgan fingerprint density at radius 2 is 2.17 bits per heavy atom.